The van der Waals surface area contributed by atoms with Gasteiger partial charge in [0, 0.05) is 4.47 Å². The molecule has 2 aromatic rings. The standard InChI is InChI=1S/C21H15BrN4O4.ClH/c1-12-16(20(29)26(24-12)15-5-3-2-4-6-15)11-17-18(27)23-21(30)25(19(17)28)14-9-7-13(22)8-10-14;/h2-11,16H,1H3,(H,23,27,30);1H/b17-11+;. The summed E-state index contributed by atoms with van der Waals surface area (Å²) in [5.41, 5.74) is 1.02. The van der Waals surface area contributed by atoms with Crippen molar-refractivity contribution in [2.75, 3.05) is 9.91 Å². The van der Waals surface area contributed by atoms with Gasteiger partial charge in [0.15, 0.2) is 0 Å². The lowest BCUT2D eigenvalue weighted by Crippen LogP contribution is -2.54. The molecule has 0 aromatic heterocycles. The molecule has 8 nitrogen and oxygen atoms in total. The maximum absolute atomic E-state index is 13.0. The van der Waals surface area contributed by atoms with Crippen LogP contribution in [0.4, 0.5) is 16.2 Å². The summed E-state index contributed by atoms with van der Waals surface area (Å²) in [6.45, 7) is 1.64. The van der Waals surface area contributed by atoms with Gasteiger partial charge in [0.2, 0.25) is 0 Å². The van der Waals surface area contributed by atoms with Crippen molar-refractivity contribution >= 4 is 69.2 Å². The van der Waals surface area contributed by atoms with Crippen LogP contribution in [0.15, 0.2) is 75.8 Å². The zero-order chi connectivity index (χ0) is 21.4. The number of carbonyl (C=O) groups excluding carboxylic acids is 4. The third kappa shape index (κ3) is 4.14. The average Bonchev–Trinajstić information content (AvgIpc) is 3.01. The highest BCUT2D eigenvalue weighted by Crippen LogP contribution is 2.27. The van der Waals surface area contributed by atoms with Crippen LogP contribution in [-0.2, 0) is 14.4 Å². The summed E-state index contributed by atoms with van der Waals surface area (Å²) < 4.78 is 0.771. The minimum atomic E-state index is -0.894. The largest absolute Gasteiger partial charge is 0.335 e. The average molecular weight is 504 g/mol. The summed E-state index contributed by atoms with van der Waals surface area (Å²) in [4.78, 5) is 51.4. The first kappa shape index (κ1) is 22.4. The lowest BCUT2D eigenvalue weighted by atomic mass is 9.98. The molecule has 2 heterocycles. The summed E-state index contributed by atoms with van der Waals surface area (Å²) in [7, 11) is 0. The third-order valence-corrected chi connectivity index (χ3v) is 5.23. The normalized spacial score (nSPS) is 20.0. The van der Waals surface area contributed by atoms with Gasteiger partial charge in [-0.15, -0.1) is 12.4 Å². The van der Waals surface area contributed by atoms with Crippen LogP contribution < -0.4 is 15.2 Å². The Bertz CT molecular complexity index is 1130. The highest BCUT2D eigenvalue weighted by molar-refractivity contribution is 9.10. The molecule has 2 aliphatic rings. The van der Waals surface area contributed by atoms with Crippen molar-refractivity contribution < 1.29 is 19.2 Å². The molecule has 4 rings (SSSR count). The maximum Gasteiger partial charge on any atom is 0.335 e. The van der Waals surface area contributed by atoms with Crippen LogP contribution in [0.3, 0.4) is 0 Å². The van der Waals surface area contributed by atoms with E-state index in [-0.39, 0.29) is 23.9 Å². The van der Waals surface area contributed by atoms with E-state index in [1.54, 1.807) is 55.5 Å². The van der Waals surface area contributed by atoms with Gasteiger partial charge in [-0.05, 0) is 49.4 Å². The third-order valence-electron chi connectivity index (χ3n) is 4.70. The van der Waals surface area contributed by atoms with Crippen molar-refractivity contribution in [2.24, 2.45) is 11.0 Å². The van der Waals surface area contributed by atoms with Crippen LogP contribution >= 0.6 is 28.3 Å². The first-order chi connectivity index (χ1) is 14.4. The van der Waals surface area contributed by atoms with Gasteiger partial charge in [-0.25, -0.2) is 9.69 Å². The van der Waals surface area contributed by atoms with E-state index in [2.05, 4.69) is 26.3 Å². The number of imide groups is 2. The van der Waals surface area contributed by atoms with Crippen LogP contribution in [-0.4, -0.2) is 29.5 Å². The van der Waals surface area contributed by atoms with Crippen molar-refractivity contribution in [1.82, 2.24) is 5.32 Å². The van der Waals surface area contributed by atoms with Gasteiger partial charge in [-0.3, -0.25) is 19.7 Å². The summed E-state index contributed by atoms with van der Waals surface area (Å²) in [5, 5.41) is 7.65. The first-order valence-electron chi connectivity index (χ1n) is 8.98. The Morgan fingerprint density at radius 3 is 2.26 bits per heavy atom. The van der Waals surface area contributed by atoms with Gasteiger partial charge in [0.1, 0.15) is 5.57 Å². The van der Waals surface area contributed by atoms with Crippen LogP contribution in [0, 0.1) is 5.92 Å². The molecule has 1 atom stereocenters. The molecule has 0 bridgehead atoms. The predicted molar refractivity (Wildman–Crippen MR) is 121 cm³/mol. The van der Waals surface area contributed by atoms with Crippen molar-refractivity contribution in [3.05, 3.63) is 70.7 Å². The highest BCUT2D eigenvalue weighted by Gasteiger charge is 2.40. The molecule has 31 heavy (non-hydrogen) atoms. The van der Waals surface area contributed by atoms with Crippen LogP contribution in [0.5, 0.6) is 0 Å². The Kier molecular flexibility index (Phi) is 6.37. The van der Waals surface area contributed by atoms with Gasteiger partial charge in [-0.1, -0.05) is 34.1 Å². The lowest BCUT2D eigenvalue weighted by Gasteiger charge is -2.26. The summed E-state index contributed by atoms with van der Waals surface area (Å²) in [6.07, 6.45) is 1.26. The molecule has 2 aromatic carbocycles. The smallest absolute Gasteiger partial charge is 0.273 e. The Morgan fingerprint density at radius 2 is 1.61 bits per heavy atom. The number of barbiturate groups is 1. The number of benzene rings is 2. The summed E-state index contributed by atoms with van der Waals surface area (Å²) in [6, 6.07) is 14.5. The molecule has 0 saturated carbocycles. The molecule has 1 saturated heterocycles. The number of nitrogens with one attached hydrogen (secondary N) is 1. The summed E-state index contributed by atoms with van der Waals surface area (Å²) >= 11 is 3.29. The fourth-order valence-corrected chi connectivity index (χ4v) is 3.46. The molecule has 0 spiro atoms. The van der Waals surface area contributed by atoms with E-state index in [1.807, 2.05) is 6.07 Å². The number of rotatable bonds is 3. The zero-order valence-electron chi connectivity index (χ0n) is 16.1. The lowest BCUT2D eigenvalue weighted by molar-refractivity contribution is -0.122. The Balaban J connectivity index is 0.00000272. The SMILES string of the molecule is CC1=NN(c2ccccc2)C(=O)C1/C=C1\C(=O)NC(=O)N(c2ccc(Br)cc2)C1=O.Cl. The molecular formula is C21H16BrClN4O4. The van der Waals surface area contributed by atoms with Gasteiger partial charge in [0.25, 0.3) is 17.7 Å². The molecule has 158 valence electrons. The number of amides is 5. The van der Waals surface area contributed by atoms with E-state index in [0.29, 0.717) is 17.1 Å². The molecule has 5 amide bonds. The predicted octanol–water partition coefficient (Wildman–Crippen LogP) is 3.42. The second-order valence-corrected chi connectivity index (χ2v) is 7.58. The molecule has 0 aliphatic carbocycles. The fraction of sp³-hybridized carbons (Fsp3) is 0.0952. The van der Waals surface area contributed by atoms with Gasteiger partial charge in [0.05, 0.1) is 23.0 Å². The number of urea groups is 1. The van der Waals surface area contributed by atoms with Crippen LogP contribution in [0.1, 0.15) is 6.92 Å². The first-order valence-corrected chi connectivity index (χ1v) is 9.77. The van der Waals surface area contributed by atoms with E-state index in [0.717, 1.165) is 9.37 Å². The minimum Gasteiger partial charge on any atom is -0.273 e. The number of anilines is 2. The van der Waals surface area contributed by atoms with Gasteiger partial charge >= 0.3 is 6.03 Å². The van der Waals surface area contributed by atoms with Gasteiger partial charge < -0.3 is 0 Å². The number of hydrogen-bond acceptors (Lipinski definition) is 5. The molecule has 10 heteroatoms. The number of hydrazone groups is 1. The number of carbonyl (C=O) groups is 4. The Morgan fingerprint density at radius 1 is 0.968 bits per heavy atom. The second kappa shape index (κ2) is 8.83. The van der Waals surface area contributed by atoms with E-state index >= 15 is 0 Å². The van der Waals surface area contributed by atoms with E-state index in [1.165, 1.54) is 11.1 Å². The molecule has 1 fully saturated rings. The maximum atomic E-state index is 13.0. The van der Waals surface area contributed by atoms with Crippen molar-refractivity contribution in [2.45, 2.75) is 6.92 Å². The number of nitrogens with zero attached hydrogens (tertiary/aromatic N) is 3. The molecule has 1 unspecified atom stereocenters. The van der Waals surface area contributed by atoms with Crippen molar-refractivity contribution in [3.63, 3.8) is 0 Å². The van der Waals surface area contributed by atoms with Crippen molar-refractivity contribution in [1.29, 1.82) is 0 Å². The minimum absolute atomic E-state index is 0. The Labute approximate surface area is 192 Å². The molecular weight excluding hydrogens is 488 g/mol. The van der Waals surface area contributed by atoms with Crippen LogP contribution in [0.25, 0.3) is 0 Å². The quantitative estimate of drug-likeness (QED) is 0.512. The van der Waals surface area contributed by atoms with Crippen LogP contribution in [0.2, 0.25) is 0 Å². The molecule has 1 N–H and O–H groups in total. The number of para-hydroxylation sites is 1. The topological polar surface area (TPSA) is 99.2 Å². The van der Waals surface area contributed by atoms with E-state index in [4.69, 9.17) is 0 Å². The van der Waals surface area contributed by atoms with Gasteiger partial charge in [-0.2, -0.15) is 10.1 Å². The Hall–Kier alpha value is -3.30. The zero-order valence-corrected chi connectivity index (χ0v) is 18.5. The fourth-order valence-electron chi connectivity index (χ4n) is 3.19. The van der Waals surface area contributed by atoms with E-state index < -0.39 is 23.8 Å². The summed E-state index contributed by atoms with van der Waals surface area (Å²) in [5.74, 6) is -2.93. The monoisotopic (exact) mass is 502 g/mol. The highest BCUT2D eigenvalue weighted by atomic mass is 79.9. The van der Waals surface area contributed by atoms with Crippen molar-refractivity contribution in [3.8, 4) is 0 Å². The molecule has 0 radical (unpaired) electrons. The number of hydrogen-bond donors (Lipinski definition) is 1. The second-order valence-electron chi connectivity index (χ2n) is 6.66. The van der Waals surface area contributed by atoms with E-state index in [9.17, 15) is 19.2 Å². The molecule has 2 aliphatic heterocycles. The number of halogens is 2.